The van der Waals surface area contributed by atoms with Gasteiger partial charge in [-0.05, 0) is 88.0 Å². The Morgan fingerprint density at radius 2 is 1.89 bits per heavy atom. The summed E-state index contributed by atoms with van der Waals surface area (Å²) in [6, 6.07) is 9.74. The van der Waals surface area contributed by atoms with E-state index < -0.39 is 0 Å². The molecule has 0 aliphatic rings. The highest BCUT2D eigenvalue weighted by Gasteiger charge is 2.05. The van der Waals surface area contributed by atoms with Crippen LogP contribution in [0.25, 0.3) is 0 Å². The van der Waals surface area contributed by atoms with Gasteiger partial charge in [-0.1, -0.05) is 15.9 Å². The normalized spacial score (nSPS) is 11.2. The first kappa shape index (κ1) is 15.2. The minimum atomic E-state index is 0.259. The molecule has 2 nitrogen and oxygen atoms in total. The number of phenols is 1. The van der Waals surface area contributed by atoms with E-state index in [-0.39, 0.29) is 5.75 Å². The first-order valence-electron chi connectivity index (χ1n) is 5.45. The zero-order valence-electron chi connectivity index (χ0n) is 9.99. The molecule has 2 aromatic rings. The molecule has 0 spiro atoms. The number of hydrogen-bond acceptors (Lipinski definition) is 2. The van der Waals surface area contributed by atoms with Gasteiger partial charge in [-0.15, -0.1) is 0 Å². The van der Waals surface area contributed by atoms with E-state index in [0.717, 1.165) is 13.7 Å². The van der Waals surface area contributed by atoms with E-state index in [1.807, 2.05) is 30.3 Å². The fourth-order valence-electron chi connectivity index (χ4n) is 1.54. The Hall–Kier alpha value is -0.150. The highest BCUT2D eigenvalue weighted by Crippen LogP contribution is 2.28. The summed E-state index contributed by atoms with van der Waals surface area (Å²) >= 11 is 7.81. The molecule has 0 unspecified atom stereocenters. The SMILES string of the molecule is Cc1cc(N=Cc2cc(Br)cc(I)c2O)ccc1I. The van der Waals surface area contributed by atoms with Gasteiger partial charge in [0.2, 0.25) is 0 Å². The lowest BCUT2D eigenvalue weighted by Crippen LogP contribution is -1.86. The maximum absolute atomic E-state index is 9.98. The molecule has 0 atom stereocenters. The number of aromatic hydroxyl groups is 1. The minimum Gasteiger partial charge on any atom is -0.506 e. The van der Waals surface area contributed by atoms with E-state index in [1.165, 1.54) is 9.13 Å². The van der Waals surface area contributed by atoms with Gasteiger partial charge in [0, 0.05) is 19.8 Å². The van der Waals surface area contributed by atoms with Crippen LogP contribution in [-0.4, -0.2) is 11.3 Å². The van der Waals surface area contributed by atoms with Crippen molar-refractivity contribution in [3.05, 3.63) is 53.1 Å². The van der Waals surface area contributed by atoms with Crippen LogP contribution < -0.4 is 0 Å². The van der Waals surface area contributed by atoms with Crippen LogP contribution in [0.5, 0.6) is 5.75 Å². The number of benzene rings is 2. The quantitative estimate of drug-likeness (QED) is 0.399. The smallest absolute Gasteiger partial charge is 0.137 e. The van der Waals surface area contributed by atoms with Gasteiger partial charge < -0.3 is 5.11 Å². The molecule has 0 radical (unpaired) electrons. The van der Waals surface area contributed by atoms with E-state index in [0.29, 0.717) is 5.56 Å². The Kier molecular flexibility index (Phi) is 5.24. The molecule has 0 bridgehead atoms. The average molecular weight is 542 g/mol. The van der Waals surface area contributed by atoms with E-state index in [9.17, 15) is 5.11 Å². The summed E-state index contributed by atoms with van der Waals surface area (Å²) in [6.07, 6.45) is 1.68. The zero-order valence-corrected chi connectivity index (χ0v) is 15.9. The van der Waals surface area contributed by atoms with Crippen molar-refractivity contribution in [3.8, 4) is 5.75 Å². The number of phenolic OH excluding ortho intramolecular Hbond substituents is 1. The van der Waals surface area contributed by atoms with Crippen LogP contribution in [0.4, 0.5) is 5.69 Å². The molecular weight excluding hydrogens is 532 g/mol. The Morgan fingerprint density at radius 1 is 1.16 bits per heavy atom. The maximum atomic E-state index is 9.98. The summed E-state index contributed by atoms with van der Waals surface area (Å²) in [5, 5.41) is 9.98. The van der Waals surface area contributed by atoms with E-state index in [4.69, 9.17) is 0 Å². The van der Waals surface area contributed by atoms with E-state index in [1.54, 1.807) is 6.21 Å². The van der Waals surface area contributed by atoms with Gasteiger partial charge >= 0.3 is 0 Å². The Morgan fingerprint density at radius 3 is 2.58 bits per heavy atom. The van der Waals surface area contributed by atoms with Gasteiger partial charge in [0.05, 0.1) is 9.26 Å². The molecule has 0 saturated heterocycles. The van der Waals surface area contributed by atoms with Crippen LogP contribution in [0.2, 0.25) is 0 Å². The Labute approximate surface area is 147 Å². The van der Waals surface area contributed by atoms with Crippen LogP contribution in [-0.2, 0) is 0 Å². The van der Waals surface area contributed by atoms with Crippen molar-refractivity contribution in [3.63, 3.8) is 0 Å². The van der Waals surface area contributed by atoms with Gasteiger partial charge in [0.1, 0.15) is 5.75 Å². The third-order valence-corrected chi connectivity index (χ3v) is 5.04. The van der Waals surface area contributed by atoms with Crippen LogP contribution in [0, 0.1) is 14.1 Å². The summed E-state index contributed by atoms with van der Waals surface area (Å²) in [7, 11) is 0. The highest BCUT2D eigenvalue weighted by atomic mass is 127. The second-order valence-corrected chi connectivity index (χ2v) is 7.26. The zero-order chi connectivity index (χ0) is 14.0. The van der Waals surface area contributed by atoms with Crippen LogP contribution in [0.3, 0.4) is 0 Å². The minimum absolute atomic E-state index is 0.259. The summed E-state index contributed by atoms with van der Waals surface area (Å²) in [5.74, 6) is 0.259. The first-order chi connectivity index (χ1) is 8.97. The van der Waals surface area contributed by atoms with Crippen molar-refractivity contribution in [2.45, 2.75) is 6.92 Å². The van der Waals surface area contributed by atoms with Crippen LogP contribution in [0.15, 0.2) is 39.8 Å². The summed E-state index contributed by atoms with van der Waals surface area (Å²) < 4.78 is 2.94. The van der Waals surface area contributed by atoms with Crippen molar-refractivity contribution in [2.24, 2.45) is 4.99 Å². The van der Waals surface area contributed by atoms with Crippen molar-refractivity contribution in [2.75, 3.05) is 0 Å². The molecule has 2 aromatic carbocycles. The molecule has 0 aromatic heterocycles. The van der Waals surface area contributed by atoms with Gasteiger partial charge in [-0.25, -0.2) is 0 Å². The summed E-state index contributed by atoms with van der Waals surface area (Å²) in [4.78, 5) is 4.41. The Bertz CT molecular complexity index is 656. The third kappa shape index (κ3) is 3.91. The molecular formula is C14H10BrI2NO. The van der Waals surface area contributed by atoms with Gasteiger partial charge in [-0.2, -0.15) is 0 Å². The number of halogens is 3. The number of hydrogen-bond donors (Lipinski definition) is 1. The Balaban J connectivity index is 2.35. The summed E-state index contributed by atoms with van der Waals surface area (Å²) in [6.45, 7) is 2.06. The molecule has 0 fully saturated rings. The van der Waals surface area contributed by atoms with Crippen LogP contribution in [0.1, 0.15) is 11.1 Å². The summed E-state index contributed by atoms with van der Waals surface area (Å²) in [5.41, 5.74) is 2.78. The standard InChI is InChI=1S/C14H10BrI2NO/c1-8-4-11(2-3-12(8)16)18-7-9-5-10(15)6-13(17)14(9)19/h2-7,19H,1H3. The molecule has 1 N–H and O–H groups in total. The van der Waals surface area contributed by atoms with Gasteiger partial charge in [-0.3, -0.25) is 4.99 Å². The number of aryl methyl sites for hydroxylation is 1. The fraction of sp³-hybridized carbons (Fsp3) is 0.0714. The maximum Gasteiger partial charge on any atom is 0.137 e. The highest BCUT2D eigenvalue weighted by molar-refractivity contribution is 14.1. The lowest BCUT2D eigenvalue weighted by atomic mass is 10.2. The lowest BCUT2D eigenvalue weighted by molar-refractivity contribution is 0.470. The molecule has 5 heteroatoms. The molecule has 0 aliphatic carbocycles. The number of nitrogens with zero attached hydrogens (tertiary/aromatic N) is 1. The molecule has 0 amide bonds. The van der Waals surface area contributed by atoms with Crippen molar-refractivity contribution >= 4 is 73.0 Å². The largest absolute Gasteiger partial charge is 0.506 e. The number of aliphatic imine (C=N–C) groups is 1. The molecule has 98 valence electrons. The van der Waals surface area contributed by atoms with E-state index >= 15 is 0 Å². The third-order valence-electron chi connectivity index (χ3n) is 2.55. The lowest BCUT2D eigenvalue weighted by Gasteiger charge is -2.03. The predicted molar refractivity (Wildman–Crippen MR) is 99.7 cm³/mol. The molecule has 19 heavy (non-hydrogen) atoms. The van der Waals surface area contributed by atoms with Crippen molar-refractivity contribution in [1.29, 1.82) is 0 Å². The van der Waals surface area contributed by atoms with Gasteiger partial charge in [0.25, 0.3) is 0 Å². The molecule has 0 aliphatic heterocycles. The van der Waals surface area contributed by atoms with Crippen molar-refractivity contribution in [1.82, 2.24) is 0 Å². The first-order valence-corrected chi connectivity index (χ1v) is 8.40. The molecule has 0 saturated carbocycles. The molecule has 2 rings (SSSR count). The van der Waals surface area contributed by atoms with E-state index in [2.05, 4.69) is 73.0 Å². The number of rotatable bonds is 2. The molecule has 0 heterocycles. The van der Waals surface area contributed by atoms with Gasteiger partial charge in [0.15, 0.2) is 0 Å². The predicted octanol–water partition coefficient (Wildman–Crippen LogP) is 5.42. The van der Waals surface area contributed by atoms with Crippen LogP contribution >= 0.6 is 61.1 Å². The van der Waals surface area contributed by atoms with Crippen molar-refractivity contribution < 1.29 is 5.11 Å². The monoisotopic (exact) mass is 541 g/mol. The second-order valence-electron chi connectivity index (χ2n) is 4.02. The average Bonchev–Trinajstić information content (AvgIpc) is 2.36. The topological polar surface area (TPSA) is 32.6 Å². The fourth-order valence-corrected chi connectivity index (χ4v) is 3.42. The second kappa shape index (κ2) is 6.53.